The van der Waals surface area contributed by atoms with Gasteiger partial charge in [-0.3, -0.25) is 10.1 Å². The van der Waals surface area contributed by atoms with Crippen LogP contribution in [0.5, 0.6) is 0 Å². The van der Waals surface area contributed by atoms with Gasteiger partial charge in [0.25, 0.3) is 5.91 Å². The van der Waals surface area contributed by atoms with Gasteiger partial charge < -0.3 is 10.4 Å². The van der Waals surface area contributed by atoms with Crippen molar-refractivity contribution >= 4 is 34.0 Å². The number of nitrogens with zero attached hydrogens (tertiary/aromatic N) is 1. The summed E-state index contributed by atoms with van der Waals surface area (Å²) in [6.45, 7) is -0.0295. The van der Waals surface area contributed by atoms with E-state index in [1.165, 1.54) is 35.7 Å². The first-order valence-corrected chi connectivity index (χ1v) is 9.11. The number of hydrogen-bond donors (Lipinski definition) is 3. The minimum Gasteiger partial charge on any atom is -0.476 e. The van der Waals surface area contributed by atoms with E-state index >= 15 is 0 Å². The van der Waals surface area contributed by atoms with Gasteiger partial charge in [-0.25, -0.2) is 9.78 Å². The normalized spacial score (nSPS) is 11.1. The molecule has 0 aliphatic carbocycles. The lowest BCUT2D eigenvalue weighted by Crippen LogP contribution is -2.13. The van der Waals surface area contributed by atoms with Crippen molar-refractivity contribution in [2.75, 3.05) is 10.6 Å². The molecule has 0 spiro atoms. The van der Waals surface area contributed by atoms with Gasteiger partial charge >= 0.3 is 12.1 Å². The smallest absolute Gasteiger partial charge is 0.416 e. The number of rotatable bonds is 6. The van der Waals surface area contributed by atoms with E-state index in [1.807, 2.05) is 0 Å². The Hall–Kier alpha value is -3.40. The van der Waals surface area contributed by atoms with Crippen LogP contribution in [0, 0.1) is 0 Å². The third-order valence-electron chi connectivity index (χ3n) is 3.90. The van der Waals surface area contributed by atoms with Crippen molar-refractivity contribution in [2.45, 2.75) is 12.7 Å². The van der Waals surface area contributed by atoms with E-state index in [4.69, 9.17) is 5.11 Å². The summed E-state index contributed by atoms with van der Waals surface area (Å²) in [6.07, 6.45) is -4.43. The van der Waals surface area contributed by atoms with Gasteiger partial charge in [-0.05, 0) is 35.9 Å². The number of carboxylic acid groups (broad SMARTS) is 1. The highest BCUT2D eigenvalue weighted by molar-refractivity contribution is 7.14. The van der Waals surface area contributed by atoms with E-state index in [-0.39, 0.29) is 22.9 Å². The number of aromatic nitrogens is 1. The summed E-state index contributed by atoms with van der Waals surface area (Å²) >= 11 is 0.985. The SMILES string of the molecule is O=C(Nc1nc(C(=O)O)cs1)c1ccc(NCc2ccccc2C(F)(F)F)cc1. The molecule has 3 N–H and O–H groups in total. The van der Waals surface area contributed by atoms with Crippen LogP contribution in [0.2, 0.25) is 0 Å². The summed E-state index contributed by atoms with van der Waals surface area (Å²) in [5.74, 6) is -1.67. The quantitative estimate of drug-likeness (QED) is 0.536. The van der Waals surface area contributed by atoms with Gasteiger partial charge in [0.1, 0.15) is 0 Å². The molecule has 150 valence electrons. The zero-order valence-electron chi connectivity index (χ0n) is 14.7. The average Bonchev–Trinajstić information content (AvgIpc) is 3.15. The molecule has 0 radical (unpaired) electrons. The number of thiazole rings is 1. The van der Waals surface area contributed by atoms with E-state index in [0.717, 1.165) is 17.4 Å². The second-order valence-corrected chi connectivity index (χ2v) is 6.74. The lowest BCUT2D eigenvalue weighted by atomic mass is 10.1. The molecule has 0 saturated carbocycles. The third kappa shape index (κ3) is 5.11. The van der Waals surface area contributed by atoms with Gasteiger partial charge in [-0.2, -0.15) is 13.2 Å². The summed E-state index contributed by atoms with van der Waals surface area (Å²) in [6, 6.07) is 11.4. The molecule has 3 aromatic rings. The van der Waals surface area contributed by atoms with Gasteiger partial charge in [-0.15, -0.1) is 11.3 Å². The second-order valence-electron chi connectivity index (χ2n) is 5.88. The number of carbonyl (C=O) groups excluding carboxylic acids is 1. The zero-order chi connectivity index (χ0) is 21.0. The molecular weight excluding hydrogens is 407 g/mol. The van der Waals surface area contributed by atoms with E-state index in [9.17, 15) is 22.8 Å². The molecule has 0 saturated heterocycles. The first-order chi connectivity index (χ1) is 13.7. The number of aromatic carboxylic acids is 1. The summed E-state index contributed by atoms with van der Waals surface area (Å²) in [7, 11) is 0. The maximum atomic E-state index is 13.0. The van der Waals surface area contributed by atoms with Gasteiger partial charge in [0.15, 0.2) is 10.8 Å². The highest BCUT2D eigenvalue weighted by Gasteiger charge is 2.32. The summed E-state index contributed by atoms with van der Waals surface area (Å²) in [4.78, 5) is 26.8. The molecule has 1 amide bonds. The highest BCUT2D eigenvalue weighted by atomic mass is 32.1. The van der Waals surface area contributed by atoms with E-state index in [1.54, 1.807) is 12.1 Å². The minimum absolute atomic E-state index is 0.0295. The van der Waals surface area contributed by atoms with Crippen LogP contribution >= 0.6 is 11.3 Å². The Labute approximate surface area is 167 Å². The highest BCUT2D eigenvalue weighted by Crippen LogP contribution is 2.32. The van der Waals surface area contributed by atoms with Crippen molar-refractivity contribution in [2.24, 2.45) is 0 Å². The monoisotopic (exact) mass is 421 g/mol. The van der Waals surface area contributed by atoms with Crippen molar-refractivity contribution in [3.63, 3.8) is 0 Å². The largest absolute Gasteiger partial charge is 0.476 e. The Balaban J connectivity index is 1.63. The van der Waals surface area contributed by atoms with Crippen molar-refractivity contribution in [3.05, 3.63) is 76.3 Å². The predicted molar refractivity (Wildman–Crippen MR) is 102 cm³/mol. The van der Waals surface area contributed by atoms with Gasteiger partial charge in [0.2, 0.25) is 0 Å². The summed E-state index contributed by atoms with van der Waals surface area (Å²) in [5, 5.41) is 15.7. The van der Waals surface area contributed by atoms with E-state index < -0.39 is 23.6 Å². The number of halogens is 3. The van der Waals surface area contributed by atoms with Crippen LogP contribution in [0.1, 0.15) is 32.0 Å². The van der Waals surface area contributed by atoms with Crippen LogP contribution < -0.4 is 10.6 Å². The van der Waals surface area contributed by atoms with Crippen molar-refractivity contribution < 1.29 is 27.9 Å². The molecule has 0 atom stereocenters. The number of anilines is 2. The molecule has 2 aromatic carbocycles. The van der Waals surface area contributed by atoms with E-state index in [0.29, 0.717) is 11.3 Å². The number of nitrogens with one attached hydrogen (secondary N) is 2. The van der Waals surface area contributed by atoms with Gasteiger partial charge in [0, 0.05) is 23.2 Å². The number of carboxylic acids is 1. The number of alkyl halides is 3. The van der Waals surface area contributed by atoms with E-state index in [2.05, 4.69) is 15.6 Å². The molecule has 29 heavy (non-hydrogen) atoms. The first-order valence-electron chi connectivity index (χ1n) is 8.23. The molecule has 1 heterocycles. The Kier molecular flexibility index (Phi) is 5.83. The predicted octanol–water partition coefficient (Wildman–Crippen LogP) is 4.72. The molecule has 0 unspecified atom stereocenters. The van der Waals surface area contributed by atoms with Crippen LogP contribution in [-0.4, -0.2) is 22.0 Å². The summed E-state index contributed by atoms with van der Waals surface area (Å²) in [5.41, 5.74) is 0.0794. The number of benzene rings is 2. The topological polar surface area (TPSA) is 91.3 Å². The molecule has 10 heteroatoms. The van der Waals surface area contributed by atoms with Gasteiger partial charge in [0.05, 0.1) is 5.56 Å². The standard InChI is InChI=1S/C19H14F3N3O3S/c20-19(21,22)14-4-2-1-3-12(14)9-23-13-7-5-11(6-8-13)16(26)25-18-24-15(10-29-18)17(27)28/h1-8,10,23H,9H2,(H,27,28)(H,24,25,26). The van der Waals surface area contributed by atoms with Crippen LogP contribution in [0.4, 0.5) is 24.0 Å². The lowest BCUT2D eigenvalue weighted by Gasteiger charge is -2.14. The third-order valence-corrected chi connectivity index (χ3v) is 4.65. The fraction of sp³-hybridized carbons (Fsp3) is 0.105. The first kappa shape index (κ1) is 20.3. The Morgan fingerprint density at radius 1 is 1.07 bits per heavy atom. The van der Waals surface area contributed by atoms with Crippen molar-refractivity contribution in [1.29, 1.82) is 0 Å². The van der Waals surface area contributed by atoms with Crippen LogP contribution in [0.3, 0.4) is 0 Å². The fourth-order valence-electron chi connectivity index (χ4n) is 2.49. The fourth-order valence-corrected chi connectivity index (χ4v) is 3.17. The Bertz CT molecular complexity index is 1030. The molecular formula is C19H14F3N3O3S. The molecule has 3 rings (SSSR count). The molecule has 0 bridgehead atoms. The minimum atomic E-state index is -4.43. The second kappa shape index (κ2) is 8.31. The zero-order valence-corrected chi connectivity index (χ0v) is 15.5. The Morgan fingerprint density at radius 3 is 2.38 bits per heavy atom. The molecule has 0 aliphatic rings. The maximum absolute atomic E-state index is 13.0. The van der Waals surface area contributed by atoms with Crippen LogP contribution in [-0.2, 0) is 12.7 Å². The molecule has 0 aliphatic heterocycles. The lowest BCUT2D eigenvalue weighted by molar-refractivity contribution is -0.138. The molecule has 0 fully saturated rings. The van der Waals surface area contributed by atoms with Crippen LogP contribution in [0.25, 0.3) is 0 Å². The Morgan fingerprint density at radius 2 is 1.76 bits per heavy atom. The summed E-state index contributed by atoms with van der Waals surface area (Å²) < 4.78 is 39.1. The number of amides is 1. The number of hydrogen-bond acceptors (Lipinski definition) is 5. The maximum Gasteiger partial charge on any atom is 0.416 e. The van der Waals surface area contributed by atoms with Crippen molar-refractivity contribution in [1.82, 2.24) is 4.98 Å². The van der Waals surface area contributed by atoms with Crippen molar-refractivity contribution in [3.8, 4) is 0 Å². The average molecular weight is 421 g/mol. The molecule has 6 nitrogen and oxygen atoms in total. The van der Waals surface area contributed by atoms with Gasteiger partial charge in [-0.1, -0.05) is 18.2 Å². The van der Waals surface area contributed by atoms with Crippen LogP contribution in [0.15, 0.2) is 53.9 Å². The molecule has 1 aromatic heterocycles. The number of carbonyl (C=O) groups is 2.